The van der Waals surface area contributed by atoms with Gasteiger partial charge in [0.15, 0.2) is 6.23 Å². The van der Waals surface area contributed by atoms with E-state index in [2.05, 4.69) is 29.1 Å². The van der Waals surface area contributed by atoms with E-state index in [1.54, 1.807) is 0 Å². The van der Waals surface area contributed by atoms with Crippen LogP contribution >= 0.6 is 0 Å². The van der Waals surface area contributed by atoms with Crippen LogP contribution in [-0.2, 0) is 4.74 Å². The van der Waals surface area contributed by atoms with Gasteiger partial charge in [-0.15, -0.1) is 0 Å². The lowest BCUT2D eigenvalue weighted by Crippen LogP contribution is -2.20. The monoisotopic (exact) mass is 221 g/mol. The Morgan fingerprint density at radius 2 is 2.38 bits per heavy atom. The van der Waals surface area contributed by atoms with Crippen molar-refractivity contribution in [3.05, 3.63) is 17.8 Å². The summed E-state index contributed by atoms with van der Waals surface area (Å²) in [6.45, 7) is 7.06. The van der Waals surface area contributed by atoms with Crippen LogP contribution in [0.3, 0.4) is 0 Å². The molecule has 4 nitrogen and oxygen atoms in total. The molecule has 0 amide bonds. The minimum atomic E-state index is -0.156. The molecule has 0 aromatic carbocycles. The highest BCUT2D eigenvalue weighted by Gasteiger charge is 2.21. The molecule has 1 aromatic rings. The largest absolute Gasteiger partial charge is 0.352 e. The topological polar surface area (TPSA) is 49.4 Å². The first kappa shape index (κ1) is 11.2. The number of rotatable bonds is 4. The summed E-state index contributed by atoms with van der Waals surface area (Å²) in [5.41, 5.74) is 1.09. The van der Waals surface area contributed by atoms with Crippen LogP contribution in [0.2, 0.25) is 0 Å². The minimum absolute atomic E-state index is 0.156. The lowest BCUT2D eigenvalue weighted by molar-refractivity contribution is 0.0363. The number of aromatic nitrogens is 1. The van der Waals surface area contributed by atoms with Crippen molar-refractivity contribution in [3.63, 3.8) is 0 Å². The van der Waals surface area contributed by atoms with Crippen LogP contribution in [0.1, 0.15) is 39.0 Å². The highest BCUT2D eigenvalue weighted by Crippen LogP contribution is 2.30. The summed E-state index contributed by atoms with van der Waals surface area (Å²) in [4.78, 5) is 7.61. The molecule has 0 bridgehead atoms. The van der Waals surface area contributed by atoms with Crippen LogP contribution in [0.4, 0.5) is 5.82 Å². The fraction of sp³-hybridized carbons (Fsp3) is 0.583. The molecule has 2 atom stereocenters. The van der Waals surface area contributed by atoms with Gasteiger partial charge in [0, 0.05) is 11.8 Å². The Hall–Kier alpha value is -1.29. The van der Waals surface area contributed by atoms with Crippen LogP contribution in [-0.4, -0.2) is 17.4 Å². The normalized spacial score (nSPS) is 20.9. The molecule has 0 saturated carbocycles. The fourth-order valence-electron chi connectivity index (χ4n) is 1.65. The lowest BCUT2D eigenvalue weighted by atomic mass is 10.1. The Bertz CT molecular complexity index is 383. The lowest BCUT2D eigenvalue weighted by Gasteiger charge is -2.22. The zero-order valence-electron chi connectivity index (χ0n) is 10.1. The number of fused-ring (bicyclic) bond motifs is 1. The summed E-state index contributed by atoms with van der Waals surface area (Å²) in [6, 6.07) is 2.01. The van der Waals surface area contributed by atoms with E-state index in [0.717, 1.165) is 30.2 Å². The number of aromatic amines is 1. The van der Waals surface area contributed by atoms with Crippen LogP contribution < -0.4 is 5.32 Å². The maximum Gasteiger partial charge on any atom is 0.179 e. The van der Waals surface area contributed by atoms with Crippen molar-refractivity contribution in [2.24, 2.45) is 10.9 Å². The second kappa shape index (κ2) is 4.70. The van der Waals surface area contributed by atoms with Gasteiger partial charge in [0.2, 0.25) is 0 Å². The number of hydrogen-bond acceptors (Lipinski definition) is 3. The van der Waals surface area contributed by atoms with E-state index in [1.807, 2.05) is 19.2 Å². The summed E-state index contributed by atoms with van der Waals surface area (Å²) in [5.74, 6) is 2.47. The highest BCUT2D eigenvalue weighted by atomic mass is 16.5. The molecule has 0 fully saturated rings. The van der Waals surface area contributed by atoms with Crippen LogP contribution in [0.15, 0.2) is 17.3 Å². The number of hydrogen-bond donors (Lipinski definition) is 2. The van der Waals surface area contributed by atoms with Crippen molar-refractivity contribution < 1.29 is 4.74 Å². The van der Waals surface area contributed by atoms with Gasteiger partial charge in [-0.3, -0.25) is 0 Å². The Kier molecular flexibility index (Phi) is 3.29. The molecule has 88 valence electrons. The molecule has 2 rings (SSSR count). The van der Waals surface area contributed by atoms with Crippen LogP contribution in [0.25, 0.3) is 0 Å². The van der Waals surface area contributed by atoms with Gasteiger partial charge >= 0.3 is 0 Å². The van der Waals surface area contributed by atoms with Gasteiger partial charge in [-0.05, 0) is 18.9 Å². The summed E-state index contributed by atoms with van der Waals surface area (Å²) < 4.78 is 5.84. The van der Waals surface area contributed by atoms with Crippen molar-refractivity contribution in [2.75, 3.05) is 11.9 Å². The van der Waals surface area contributed by atoms with Crippen molar-refractivity contribution in [2.45, 2.75) is 33.4 Å². The predicted molar refractivity (Wildman–Crippen MR) is 65.7 cm³/mol. The van der Waals surface area contributed by atoms with Gasteiger partial charge in [-0.1, -0.05) is 20.3 Å². The Morgan fingerprint density at radius 1 is 1.56 bits per heavy atom. The third-order valence-corrected chi connectivity index (χ3v) is 2.90. The number of nitrogens with one attached hydrogen (secondary N) is 2. The van der Waals surface area contributed by atoms with Gasteiger partial charge in [0.05, 0.1) is 6.61 Å². The predicted octanol–water partition coefficient (Wildman–Crippen LogP) is 2.92. The second-order valence-corrected chi connectivity index (χ2v) is 4.35. The van der Waals surface area contributed by atoms with Gasteiger partial charge in [0.25, 0.3) is 0 Å². The van der Waals surface area contributed by atoms with Crippen molar-refractivity contribution in [1.82, 2.24) is 4.98 Å². The maximum absolute atomic E-state index is 5.84. The van der Waals surface area contributed by atoms with Crippen molar-refractivity contribution in [1.29, 1.82) is 0 Å². The smallest absolute Gasteiger partial charge is 0.179 e. The minimum Gasteiger partial charge on any atom is -0.352 e. The SMILES string of the molecule is CCC(C)COC1N=C(C)Nc2[nH]ccc21. The molecule has 2 unspecified atom stereocenters. The molecule has 16 heavy (non-hydrogen) atoms. The first-order valence-electron chi connectivity index (χ1n) is 5.81. The van der Waals surface area contributed by atoms with Gasteiger partial charge in [0.1, 0.15) is 11.7 Å². The molecule has 0 saturated heterocycles. The average Bonchev–Trinajstić information content (AvgIpc) is 2.73. The van der Waals surface area contributed by atoms with Gasteiger partial charge in [-0.25, -0.2) is 4.99 Å². The first-order chi connectivity index (χ1) is 7.70. The molecule has 1 aromatic heterocycles. The number of amidine groups is 1. The van der Waals surface area contributed by atoms with E-state index >= 15 is 0 Å². The molecule has 0 radical (unpaired) electrons. The van der Waals surface area contributed by atoms with Crippen molar-refractivity contribution in [3.8, 4) is 0 Å². The van der Waals surface area contributed by atoms with Crippen molar-refractivity contribution >= 4 is 11.7 Å². The van der Waals surface area contributed by atoms with Gasteiger partial charge < -0.3 is 15.0 Å². The van der Waals surface area contributed by atoms with E-state index in [0.29, 0.717) is 5.92 Å². The standard InChI is InChI=1S/C12H19N3O/c1-4-8(2)7-16-12-10-5-6-13-11(10)14-9(3)15-12/h5-6,8,12-13H,4,7H2,1-3H3,(H,14,15). The fourth-order valence-corrected chi connectivity index (χ4v) is 1.65. The zero-order chi connectivity index (χ0) is 11.5. The molecule has 1 aliphatic heterocycles. The Balaban J connectivity index is 2.05. The molecule has 4 heteroatoms. The third kappa shape index (κ3) is 2.27. The van der Waals surface area contributed by atoms with E-state index in [4.69, 9.17) is 4.74 Å². The molecule has 2 heterocycles. The summed E-state index contributed by atoms with van der Waals surface area (Å²) in [6.07, 6.45) is 2.88. The number of anilines is 1. The maximum atomic E-state index is 5.84. The summed E-state index contributed by atoms with van der Waals surface area (Å²) in [5, 5.41) is 3.19. The summed E-state index contributed by atoms with van der Waals surface area (Å²) >= 11 is 0. The second-order valence-electron chi connectivity index (χ2n) is 4.35. The third-order valence-electron chi connectivity index (χ3n) is 2.90. The first-order valence-corrected chi connectivity index (χ1v) is 5.81. The quantitative estimate of drug-likeness (QED) is 0.821. The number of aliphatic imine (C=N–C) groups is 1. The Morgan fingerprint density at radius 3 is 3.12 bits per heavy atom. The highest BCUT2D eigenvalue weighted by molar-refractivity contribution is 5.95. The van der Waals surface area contributed by atoms with E-state index < -0.39 is 0 Å². The van der Waals surface area contributed by atoms with E-state index in [1.165, 1.54) is 0 Å². The zero-order valence-corrected chi connectivity index (χ0v) is 10.1. The molecular weight excluding hydrogens is 202 g/mol. The van der Waals surface area contributed by atoms with E-state index in [-0.39, 0.29) is 6.23 Å². The summed E-state index contributed by atoms with van der Waals surface area (Å²) in [7, 11) is 0. The van der Waals surface area contributed by atoms with E-state index in [9.17, 15) is 0 Å². The number of ether oxygens (including phenoxy) is 1. The Labute approximate surface area is 96.1 Å². The number of H-pyrrole nitrogens is 1. The molecule has 0 aliphatic carbocycles. The van der Waals surface area contributed by atoms with Crippen LogP contribution in [0, 0.1) is 5.92 Å². The molecule has 2 N–H and O–H groups in total. The average molecular weight is 221 g/mol. The molecule has 1 aliphatic rings. The number of nitrogens with zero attached hydrogens (tertiary/aromatic N) is 1. The van der Waals surface area contributed by atoms with Crippen LogP contribution in [0.5, 0.6) is 0 Å². The van der Waals surface area contributed by atoms with Gasteiger partial charge in [-0.2, -0.15) is 0 Å². The molecule has 0 spiro atoms. The molecular formula is C12H19N3O.